The number of aryl methyl sites for hydroxylation is 1. The van der Waals surface area contributed by atoms with Gasteiger partial charge in [-0.05, 0) is 46.5 Å². The Balaban J connectivity index is 1.52. The number of carbonyl (C=O) groups excluding carboxylic acids is 3. The van der Waals surface area contributed by atoms with Gasteiger partial charge in [-0.2, -0.15) is 0 Å². The lowest BCUT2D eigenvalue weighted by Gasteiger charge is -2.34. The second kappa shape index (κ2) is 12.3. The minimum atomic E-state index is -0.958. The average molecular weight is 558 g/mol. The van der Waals surface area contributed by atoms with Gasteiger partial charge in [-0.1, -0.05) is 53.5 Å². The lowest BCUT2D eigenvalue weighted by atomic mass is 10.1. The Morgan fingerprint density at radius 3 is 2.67 bits per heavy atom. The molecule has 0 saturated carbocycles. The molecule has 0 aromatic heterocycles. The fourth-order valence-electron chi connectivity index (χ4n) is 3.42. The maximum atomic E-state index is 12.8. The van der Waals surface area contributed by atoms with Crippen LogP contribution in [0.2, 0.25) is 10.0 Å². The molecule has 1 saturated heterocycles. The number of hydrogen-bond donors (Lipinski definition) is 1. The van der Waals surface area contributed by atoms with Crippen LogP contribution in [0.3, 0.4) is 0 Å². The van der Waals surface area contributed by atoms with Gasteiger partial charge in [0, 0.05) is 18.1 Å². The molecule has 2 aromatic carbocycles. The fourth-order valence-corrected chi connectivity index (χ4v) is 4.79. The zero-order valence-corrected chi connectivity index (χ0v) is 20.8. The molecule has 7 nitrogen and oxygen atoms in total. The van der Waals surface area contributed by atoms with E-state index in [9.17, 15) is 14.4 Å². The highest BCUT2D eigenvalue weighted by Crippen LogP contribution is 2.36. The third kappa shape index (κ3) is 7.35. The van der Waals surface area contributed by atoms with Crippen molar-refractivity contribution in [1.29, 1.82) is 0 Å². The van der Waals surface area contributed by atoms with E-state index in [0.717, 1.165) is 12.0 Å². The molecule has 2 amide bonds. The van der Waals surface area contributed by atoms with E-state index in [1.54, 1.807) is 6.07 Å². The summed E-state index contributed by atoms with van der Waals surface area (Å²) in [6, 6.07) is 12.0. The van der Waals surface area contributed by atoms with Gasteiger partial charge < -0.3 is 19.7 Å². The van der Waals surface area contributed by atoms with Crippen molar-refractivity contribution in [1.82, 2.24) is 10.2 Å². The van der Waals surface area contributed by atoms with Crippen molar-refractivity contribution < 1.29 is 23.9 Å². The first-order chi connectivity index (χ1) is 15.8. The molecule has 1 aliphatic heterocycles. The lowest BCUT2D eigenvalue weighted by molar-refractivity contribution is -0.152. The largest absolute Gasteiger partial charge is 0.481 e. The molecule has 0 spiro atoms. The maximum Gasteiger partial charge on any atom is 0.308 e. The van der Waals surface area contributed by atoms with Gasteiger partial charge in [0.1, 0.15) is 6.04 Å². The predicted molar refractivity (Wildman–Crippen MR) is 129 cm³/mol. The molecule has 1 unspecified atom stereocenters. The Bertz CT molecular complexity index is 983. The van der Waals surface area contributed by atoms with Crippen LogP contribution in [0, 0.1) is 0 Å². The second-order valence-electron chi connectivity index (χ2n) is 7.39. The quantitative estimate of drug-likeness (QED) is 0.372. The number of carbonyl (C=O) groups is 3. The van der Waals surface area contributed by atoms with E-state index < -0.39 is 23.8 Å². The lowest BCUT2D eigenvalue weighted by Crippen LogP contribution is -2.58. The zero-order chi connectivity index (χ0) is 23.8. The van der Waals surface area contributed by atoms with Gasteiger partial charge in [0.2, 0.25) is 5.91 Å². The summed E-state index contributed by atoms with van der Waals surface area (Å²) in [6.07, 6.45) is 1.22. The normalized spacial score (nSPS) is 15.7. The number of piperazine rings is 1. The van der Waals surface area contributed by atoms with Crippen LogP contribution in [0.4, 0.5) is 0 Å². The second-order valence-corrected chi connectivity index (χ2v) is 9.09. The van der Waals surface area contributed by atoms with Crippen LogP contribution < -0.4 is 10.1 Å². The Hall–Kier alpha value is -2.29. The number of ether oxygens (including phenoxy) is 2. The summed E-state index contributed by atoms with van der Waals surface area (Å²) in [4.78, 5) is 38.8. The summed E-state index contributed by atoms with van der Waals surface area (Å²) < 4.78 is 11.4. The smallest absolute Gasteiger partial charge is 0.308 e. The van der Waals surface area contributed by atoms with Crippen LogP contribution in [-0.4, -0.2) is 55.0 Å². The summed E-state index contributed by atoms with van der Waals surface area (Å²) in [7, 11) is 0. The minimum absolute atomic E-state index is 0.228. The van der Waals surface area contributed by atoms with Crippen molar-refractivity contribution in [2.75, 3.05) is 26.3 Å². The number of esters is 1. The van der Waals surface area contributed by atoms with Gasteiger partial charge in [-0.15, -0.1) is 0 Å². The number of nitrogens with one attached hydrogen (secondary N) is 1. The number of rotatable bonds is 9. The van der Waals surface area contributed by atoms with Crippen molar-refractivity contribution in [2.24, 2.45) is 0 Å². The average Bonchev–Trinajstić information content (AvgIpc) is 2.78. The van der Waals surface area contributed by atoms with Crippen LogP contribution in [0.1, 0.15) is 18.4 Å². The number of nitrogens with zero attached hydrogens (tertiary/aromatic N) is 1. The molecule has 0 bridgehead atoms. The maximum absolute atomic E-state index is 12.8. The van der Waals surface area contributed by atoms with E-state index in [2.05, 4.69) is 21.2 Å². The molecule has 1 atom stereocenters. The summed E-state index contributed by atoms with van der Waals surface area (Å²) in [5.41, 5.74) is 1.16. The Morgan fingerprint density at radius 1 is 1.18 bits per heavy atom. The molecule has 10 heteroatoms. The van der Waals surface area contributed by atoms with Gasteiger partial charge in [0.15, 0.2) is 12.4 Å². The van der Waals surface area contributed by atoms with Crippen molar-refractivity contribution in [3.8, 4) is 5.75 Å². The topological polar surface area (TPSA) is 84.9 Å². The monoisotopic (exact) mass is 556 g/mol. The third-order valence-corrected chi connectivity index (χ3v) is 6.12. The molecular weight excluding hydrogens is 535 g/mol. The van der Waals surface area contributed by atoms with E-state index in [1.165, 1.54) is 11.0 Å². The Morgan fingerprint density at radius 2 is 1.94 bits per heavy atom. The van der Waals surface area contributed by atoms with E-state index >= 15 is 0 Å². The number of hydrogen-bond acceptors (Lipinski definition) is 5. The Kier molecular flexibility index (Phi) is 9.41. The molecule has 1 N–H and O–H groups in total. The third-order valence-electron chi connectivity index (χ3n) is 5.03. The zero-order valence-electron chi connectivity index (χ0n) is 17.7. The van der Waals surface area contributed by atoms with Crippen LogP contribution in [-0.2, 0) is 25.5 Å². The van der Waals surface area contributed by atoms with E-state index in [4.69, 9.17) is 32.7 Å². The molecule has 1 aliphatic rings. The first kappa shape index (κ1) is 25.3. The molecule has 176 valence electrons. The molecule has 2 aromatic rings. The predicted octanol–water partition coefficient (Wildman–Crippen LogP) is 4.03. The number of benzene rings is 2. The van der Waals surface area contributed by atoms with Gasteiger partial charge >= 0.3 is 5.97 Å². The first-order valence-electron chi connectivity index (χ1n) is 10.4. The van der Waals surface area contributed by atoms with Crippen LogP contribution >= 0.6 is 39.1 Å². The molecule has 3 rings (SSSR count). The summed E-state index contributed by atoms with van der Waals surface area (Å²) >= 11 is 15.4. The van der Waals surface area contributed by atoms with Gasteiger partial charge in [-0.25, -0.2) is 0 Å². The summed E-state index contributed by atoms with van der Waals surface area (Å²) in [5, 5.41) is 3.35. The summed E-state index contributed by atoms with van der Waals surface area (Å²) in [6.45, 7) is 0.437. The summed E-state index contributed by atoms with van der Waals surface area (Å²) in [5.74, 6) is -1.11. The molecule has 33 heavy (non-hydrogen) atoms. The van der Waals surface area contributed by atoms with Crippen LogP contribution in [0.5, 0.6) is 5.75 Å². The molecular formula is C23H23BrCl2N2O5. The van der Waals surface area contributed by atoms with Gasteiger partial charge in [0.05, 0.1) is 22.5 Å². The standard InChI is InChI=1S/C23H23BrCl2N2O5/c24-17-11-16(25)12-18(26)22(17)33-14-20(29)28-9-8-27-23(31)19(28)13-21(30)32-10-4-7-15-5-2-1-3-6-15/h1-3,5-6,11-12,19H,4,7-10,13-14H2,(H,27,31). The number of amides is 2. The van der Waals surface area contributed by atoms with Gasteiger partial charge in [-0.3, -0.25) is 14.4 Å². The SMILES string of the molecule is O=C(CC1C(=O)NCCN1C(=O)COc1c(Cl)cc(Cl)cc1Br)OCCCc1ccccc1. The van der Waals surface area contributed by atoms with E-state index in [0.29, 0.717) is 22.5 Å². The highest BCUT2D eigenvalue weighted by Gasteiger charge is 2.35. The van der Waals surface area contributed by atoms with Gasteiger partial charge in [0.25, 0.3) is 5.91 Å². The molecule has 0 radical (unpaired) electrons. The highest BCUT2D eigenvalue weighted by molar-refractivity contribution is 9.10. The minimum Gasteiger partial charge on any atom is -0.481 e. The molecule has 1 fully saturated rings. The highest BCUT2D eigenvalue weighted by atomic mass is 79.9. The van der Waals surface area contributed by atoms with Crippen LogP contribution in [0.25, 0.3) is 0 Å². The van der Waals surface area contributed by atoms with E-state index in [1.807, 2.05) is 30.3 Å². The Labute approximate surface area is 210 Å². The molecule has 0 aliphatic carbocycles. The van der Waals surface area contributed by atoms with Crippen molar-refractivity contribution in [3.05, 3.63) is 62.5 Å². The molecule has 1 heterocycles. The van der Waals surface area contributed by atoms with E-state index in [-0.39, 0.29) is 37.0 Å². The van der Waals surface area contributed by atoms with Crippen molar-refractivity contribution in [2.45, 2.75) is 25.3 Å². The fraction of sp³-hybridized carbons (Fsp3) is 0.348. The van der Waals surface area contributed by atoms with Crippen molar-refractivity contribution in [3.63, 3.8) is 0 Å². The first-order valence-corrected chi connectivity index (χ1v) is 11.9. The number of halogens is 3. The van der Waals surface area contributed by atoms with Crippen molar-refractivity contribution >= 4 is 56.9 Å². The van der Waals surface area contributed by atoms with Crippen LogP contribution in [0.15, 0.2) is 46.9 Å².